The molecule has 5 nitrogen and oxygen atoms in total. The van der Waals surface area contributed by atoms with Crippen molar-refractivity contribution in [3.63, 3.8) is 0 Å². The lowest BCUT2D eigenvalue weighted by atomic mass is 9.77. The largest absolute Gasteiger partial charge is 0.372 e. The van der Waals surface area contributed by atoms with Gasteiger partial charge in [-0.3, -0.25) is 9.78 Å². The molecule has 1 aliphatic carbocycles. The second kappa shape index (κ2) is 5.38. The molecule has 1 aliphatic heterocycles. The van der Waals surface area contributed by atoms with Crippen LogP contribution in [0.3, 0.4) is 0 Å². The topological polar surface area (TPSA) is 58.1 Å². The summed E-state index contributed by atoms with van der Waals surface area (Å²) in [6.07, 6.45) is 10.9. The molecule has 2 fully saturated rings. The lowest BCUT2D eigenvalue weighted by Crippen LogP contribution is -2.42. The van der Waals surface area contributed by atoms with Crippen LogP contribution in [0.2, 0.25) is 0 Å². The Balaban J connectivity index is 1.66. The summed E-state index contributed by atoms with van der Waals surface area (Å²) in [5.41, 5.74) is 0.981. The Labute approximate surface area is 119 Å². The third-order valence-electron chi connectivity index (χ3n) is 4.89. The summed E-state index contributed by atoms with van der Waals surface area (Å²) in [5, 5.41) is 2.92. The van der Waals surface area contributed by atoms with Crippen molar-refractivity contribution in [3.05, 3.63) is 18.1 Å². The number of rotatable bonds is 2. The smallest absolute Gasteiger partial charge is 0.274 e. The van der Waals surface area contributed by atoms with E-state index in [1.165, 1.54) is 25.7 Å². The maximum atomic E-state index is 12.5. The molecule has 1 saturated heterocycles. The number of piperidine rings is 1. The first kappa shape index (κ1) is 13.3. The standard InChI is InChI=1S/C15H22N4O/c1-16-13-11-17-10-12(18-13)14(20)19-8-6-15(7-9-19)4-2-3-5-15/h10-11H,2-9H2,1H3,(H,16,18). The van der Waals surface area contributed by atoms with Crippen LogP contribution >= 0.6 is 0 Å². The molecule has 1 spiro atoms. The van der Waals surface area contributed by atoms with Gasteiger partial charge in [-0.05, 0) is 31.1 Å². The van der Waals surface area contributed by atoms with Gasteiger partial charge in [-0.15, -0.1) is 0 Å². The fourth-order valence-corrected chi connectivity index (χ4v) is 3.56. The van der Waals surface area contributed by atoms with Gasteiger partial charge in [0.2, 0.25) is 0 Å². The summed E-state index contributed by atoms with van der Waals surface area (Å²) in [4.78, 5) is 22.8. The highest BCUT2D eigenvalue weighted by Crippen LogP contribution is 2.46. The summed E-state index contributed by atoms with van der Waals surface area (Å²) in [6, 6.07) is 0. The van der Waals surface area contributed by atoms with Crippen molar-refractivity contribution in [3.8, 4) is 0 Å². The summed E-state index contributed by atoms with van der Waals surface area (Å²) in [6.45, 7) is 1.73. The van der Waals surface area contributed by atoms with Crippen LogP contribution < -0.4 is 5.32 Å². The first-order valence-corrected chi connectivity index (χ1v) is 7.52. The van der Waals surface area contributed by atoms with Gasteiger partial charge in [0.15, 0.2) is 0 Å². The second-order valence-corrected chi connectivity index (χ2v) is 6.04. The zero-order valence-corrected chi connectivity index (χ0v) is 12.1. The van der Waals surface area contributed by atoms with Crippen molar-refractivity contribution in [1.82, 2.24) is 14.9 Å². The molecule has 1 aromatic heterocycles. The van der Waals surface area contributed by atoms with Gasteiger partial charge in [0, 0.05) is 20.1 Å². The molecular formula is C15H22N4O. The number of likely N-dealkylation sites (tertiary alicyclic amines) is 1. The molecule has 0 bridgehead atoms. The quantitative estimate of drug-likeness (QED) is 0.899. The highest BCUT2D eigenvalue weighted by Gasteiger charge is 2.38. The van der Waals surface area contributed by atoms with Gasteiger partial charge in [-0.2, -0.15) is 0 Å². The van der Waals surface area contributed by atoms with Crippen molar-refractivity contribution in [2.45, 2.75) is 38.5 Å². The van der Waals surface area contributed by atoms with Gasteiger partial charge in [-0.25, -0.2) is 4.98 Å². The highest BCUT2D eigenvalue weighted by molar-refractivity contribution is 5.92. The van der Waals surface area contributed by atoms with E-state index in [9.17, 15) is 4.79 Å². The monoisotopic (exact) mass is 274 g/mol. The summed E-state index contributed by atoms with van der Waals surface area (Å²) in [5.74, 6) is 0.655. The number of nitrogens with zero attached hydrogens (tertiary/aromatic N) is 3. The zero-order chi connectivity index (χ0) is 14.0. The number of hydrogen-bond acceptors (Lipinski definition) is 4. The highest BCUT2D eigenvalue weighted by atomic mass is 16.2. The Morgan fingerprint density at radius 3 is 2.55 bits per heavy atom. The minimum absolute atomic E-state index is 0.0162. The third kappa shape index (κ3) is 2.49. The van der Waals surface area contributed by atoms with Crippen LogP contribution in [0.4, 0.5) is 5.82 Å². The molecule has 2 aliphatic rings. The van der Waals surface area contributed by atoms with Crippen molar-refractivity contribution in [1.29, 1.82) is 0 Å². The molecule has 1 amide bonds. The Morgan fingerprint density at radius 1 is 1.20 bits per heavy atom. The van der Waals surface area contributed by atoms with E-state index < -0.39 is 0 Å². The number of carbonyl (C=O) groups is 1. The van der Waals surface area contributed by atoms with Crippen LogP contribution in [0.25, 0.3) is 0 Å². The van der Waals surface area contributed by atoms with Crippen molar-refractivity contribution in [2.24, 2.45) is 5.41 Å². The van der Waals surface area contributed by atoms with Crippen molar-refractivity contribution >= 4 is 11.7 Å². The van der Waals surface area contributed by atoms with Gasteiger partial charge in [0.05, 0.1) is 12.4 Å². The molecule has 0 atom stereocenters. The van der Waals surface area contributed by atoms with Gasteiger partial charge in [0.25, 0.3) is 5.91 Å². The molecule has 0 aromatic carbocycles. The van der Waals surface area contributed by atoms with Gasteiger partial charge >= 0.3 is 0 Å². The Bertz CT molecular complexity index is 486. The molecule has 108 valence electrons. The molecule has 0 unspecified atom stereocenters. The number of nitrogens with one attached hydrogen (secondary N) is 1. The van der Waals surface area contributed by atoms with Crippen LogP contribution in [0.15, 0.2) is 12.4 Å². The lowest BCUT2D eigenvalue weighted by molar-refractivity contribution is 0.0581. The van der Waals surface area contributed by atoms with E-state index in [1.54, 1.807) is 19.4 Å². The predicted octanol–water partition coefficient (Wildman–Crippen LogP) is 2.31. The van der Waals surface area contributed by atoms with Gasteiger partial charge in [-0.1, -0.05) is 12.8 Å². The van der Waals surface area contributed by atoms with Crippen LogP contribution in [0.5, 0.6) is 0 Å². The molecule has 20 heavy (non-hydrogen) atoms. The number of hydrogen-bond donors (Lipinski definition) is 1. The maximum absolute atomic E-state index is 12.5. The maximum Gasteiger partial charge on any atom is 0.274 e. The van der Waals surface area contributed by atoms with Crippen LogP contribution in [-0.4, -0.2) is 40.9 Å². The lowest BCUT2D eigenvalue weighted by Gasteiger charge is -2.39. The first-order chi connectivity index (χ1) is 9.72. The second-order valence-electron chi connectivity index (χ2n) is 6.04. The number of anilines is 1. The van der Waals surface area contributed by atoms with Gasteiger partial charge < -0.3 is 10.2 Å². The fourth-order valence-electron chi connectivity index (χ4n) is 3.56. The summed E-state index contributed by atoms with van der Waals surface area (Å²) < 4.78 is 0. The predicted molar refractivity (Wildman–Crippen MR) is 77.6 cm³/mol. The zero-order valence-electron chi connectivity index (χ0n) is 12.1. The SMILES string of the molecule is CNc1cncc(C(=O)N2CCC3(CCCC3)CC2)n1. The number of amides is 1. The van der Waals surface area contributed by atoms with E-state index >= 15 is 0 Å². The number of aromatic nitrogens is 2. The average Bonchev–Trinajstić information content (AvgIpc) is 2.96. The Morgan fingerprint density at radius 2 is 1.90 bits per heavy atom. The third-order valence-corrected chi connectivity index (χ3v) is 4.89. The van der Waals surface area contributed by atoms with Crippen molar-refractivity contribution in [2.75, 3.05) is 25.5 Å². The van der Waals surface area contributed by atoms with E-state index in [2.05, 4.69) is 15.3 Å². The summed E-state index contributed by atoms with van der Waals surface area (Å²) in [7, 11) is 1.78. The molecular weight excluding hydrogens is 252 g/mol. The Hall–Kier alpha value is -1.65. The molecule has 2 heterocycles. The van der Waals surface area contributed by atoms with Crippen LogP contribution in [-0.2, 0) is 0 Å². The van der Waals surface area contributed by atoms with Gasteiger partial charge in [0.1, 0.15) is 11.5 Å². The van der Waals surface area contributed by atoms with E-state index in [0.717, 1.165) is 25.9 Å². The number of carbonyl (C=O) groups excluding carboxylic acids is 1. The van der Waals surface area contributed by atoms with Crippen molar-refractivity contribution < 1.29 is 4.79 Å². The van der Waals surface area contributed by atoms with Crippen LogP contribution in [0.1, 0.15) is 49.0 Å². The van der Waals surface area contributed by atoms with E-state index in [4.69, 9.17) is 0 Å². The molecule has 1 aromatic rings. The Kier molecular flexibility index (Phi) is 3.59. The summed E-state index contributed by atoms with van der Waals surface area (Å²) >= 11 is 0. The first-order valence-electron chi connectivity index (χ1n) is 7.52. The molecule has 1 saturated carbocycles. The molecule has 5 heteroatoms. The molecule has 3 rings (SSSR count). The van der Waals surface area contributed by atoms with E-state index in [-0.39, 0.29) is 5.91 Å². The average molecular weight is 274 g/mol. The van der Waals surface area contributed by atoms with E-state index in [1.807, 2.05) is 4.90 Å². The minimum Gasteiger partial charge on any atom is -0.372 e. The fraction of sp³-hybridized carbons (Fsp3) is 0.667. The normalized spacial score (nSPS) is 21.1. The van der Waals surface area contributed by atoms with E-state index in [0.29, 0.717) is 16.9 Å². The molecule has 0 radical (unpaired) electrons. The van der Waals surface area contributed by atoms with Crippen LogP contribution in [0, 0.1) is 5.41 Å². The molecule has 1 N–H and O–H groups in total. The minimum atomic E-state index is 0.0162.